The lowest BCUT2D eigenvalue weighted by Gasteiger charge is -2.28. The lowest BCUT2D eigenvalue weighted by Crippen LogP contribution is -2.25. The van der Waals surface area contributed by atoms with Crippen LogP contribution in [0.5, 0.6) is 0 Å². The number of hydrogen-bond donors (Lipinski definition) is 0. The summed E-state index contributed by atoms with van der Waals surface area (Å²) in [5.74, 6) is 1.79. The second-order valence-electron chi connectivity index (χ2n) is 5.76. The molecule has 0 bridgehead atoms. The third-order valence-corrected chi connectivity index (χ3v) is 3.75. The summed E-state index contributed by atoms with van der Waals surface area (Å²) >= 11 is 6.09. The van der Waals surface area contributed by atoms with Crippen LogP contribution in [0, 0.1) is 11.3 Å². The molecule has 5 heteroatoms. The normalized spacial score (nSPS) is 13.5. The predicted octanol–water partition coefficient (Wildman–Crippen LogP) is 3.11. The highest BCUT2D eigenvalue weighted by molar-refractivity contribution is 6.18. The number of hydrogen-bond acceptors (Lipinski definition) is 3. The minimum absolute atomic E-state index is 0.134. The fourth-order valence-corrected chi connectivity index (χ4v) is 2.49. The van der Waals surface area contributed by atoms with Crippen LogP contribution in [0.1, 0.15) is 26.6 Å². The summed E-state index contributed by atoms with van der Waals surface area (Å²) in [6.45, 7) is 6.57. The van der Waals surface area contributed by atoms with E-state index in [-0.39, 0.29) is 5.41 Å². The van der Waals surface area contributed by atoms with Crippen LogP contribution in [0.4, 0.5) is 0 Å². The highest BCUT2D eigenvalue weighted by atomic mass is 35.5. The van der Waals surface area contributed by atoms with E-state index in [1.807, 2.05) is 30.3 Å². The van der Waals surface area contributed by atoms with Gasteiger partial charge >= 0.3 is 0 Å². The van der Waals surface area contributed by atoms with Gasteiger partial charge in [0, 0.05) is 12.3 Å². The van der Waals surface area contributed by atoms with E-state index < -0.39 is 0 Å². The van der Waals surface area contributed by atoms with Gasteiger partial charge in [-0.05, 0) is 33.9 Å². The Bertz CT molecular complexity index is 516. The van der Waals surface area contributed by atoms with Gasteiger partial charge in [-0.2, -0.15) is 4.68 Å². The first-order chi connectivity index (χ1) is 9.02. The summed E-state index contributed by atoms with van der Waals surface area (Å²) in [6, 6.07) is 9.91. The Morgan fingerprint density at radius 3 is 2.47 bits per heavy atom. The molecule has 0 saturated carbocycles. The van der Waals surface area contributed by atoms with E-state index in [0.29, 0.717) is 11.8 Å². The summed E-state index contributed by atoms with van der Waals surface area (Å²) in [5, 5.41) is 12.0. The zero-order chi connectivity index (χ0) is 13.9. The third kappa shape index (κ3) is 3.32. The van der Waals surface area contributed by atoms with Gasteiger partial charge in [-0.3, -0.25) is 0 Å². The summed E-state index contributed by atoms with van der Waals surface area (Å²) in [4.78, 5) is 0. The largest absolute Gasteiger partial charge is 0.197 e. The van der Waals surface area contributed by atoms with E-state index in [2.05, 4.69) is 36.3 Å². The zero-order valence-electron chi connectivity index (χ0n) is 11.5. The molecule has 1 aromatic heterocycles. The first-order valence-corrected chi connectivity index (χ1v) is 6.94. The van der Waals surface area contributed by atoms with Crippen LogP contribution < -0.4 is 0 Å². The van der Waals surface area contributed by atoms with E-state index in [4.69, 9.17) is 11.6 Å². The second-order valence-corrected chi connectivity index (χ2v) is 6.07. The highest BCUT2D eigenvalue weighted by Gasteiger charge is 2.26. The molecule has 1 aromatic carbocycles. The molecule has 1 atom stereocenters. The van der Waals surface area contributed by atoms with Gasteiger partial charge in [-0.15, -0.1) is 16.7 Å². The zero-order valence-corrected chi connectivity index (χ0v) is 12.3. The van der Waals surface area contributed by atoms with Crippen LogP contribution in [0.3, 0.4) is 0 Å². The van der Waals surface area contributed by atoms with Crippen molar-refractivity contribution in [3.8, 4) is 5.69 Å². The maximum atomic E-state index is 6.09. The van der Waals surface area contributed by atoms with Gasteiger partial charge in [0.2, 0.25) is 0 Å². The van der Waals surface area contributed by atoms with E-state index in [0.717, 1.165) is 17.9 Å². The van der Waals surface area contributed by atoms with E-state index in [9.17, 15) is 0 Å². The first kappa shape index (κ1) is 14.0. The minimum Gasteiger partial charge on any atom is -0.197 e. The predicted molar refractivity (Wildman–Crippen MR) is 76.5 cm³/mol. The molecule has 0 amide bonds. The van der Waals surface area contributed by atoms with Crippen molar-refractivity contribution in [3.05, 3.63) is 36.2 Å². The van der Waals surface area contributed by atoms with Gasteiger partial charge in [0.1, 0.15) is 0 Å². The van der Waals surface area contributed by atoms with Crippen molar-refractivity contribution in [2.24, 2.45) is 11.3 Å². The van der Waals surface area contributed by atoms with Crippen LogP contribution >= 0.6 is 11.6 Å². The van der Waals surface area contributed by atoms with Crippen molar-refractivity contribution in [1.82, 2.24) is 20.2 Å². The number of tetrazole rings is 1. The second kappa shape index (κ2) is 5.70. The Morgan fingerprint density at radius 1 is 1.21 bits per heavy atom. The number of halogens is 1. The summed E-state index contributed by atoms with van der Waals surface area (Å²) in [7, 11) is 0. The Morgan fingerprint density at radius 2 is 1.89 bits per heavy atom. The van der Waals surface area contributed by atoms with E-state index in [1.165, 1.54) is 0 Å². The first-order valence-electron chi connectivity index (χ1n) is 6.41. The Labute approximate surface area is 118 Å². The minimum atomic E-state index is 0.134. The van der Waals surface area contributed by atoms with Crippen molar-refractivity contribution in [1.29, 1.82) is 0 Å². The number of aromatic nitrogens is 4. The fraction of sp³-hybridized carbons (Fsp3) is 0.500. The Hall–Kier alpha value is -1.42. The molecule has 1 unspecified atom stereocenters. The summed E-state index contributed by atoms with van der Waals surface area (Å²) in [6.07, 6.45) is 0.773. The van der Waals surface area contributed by atoms with Crippen LogP contribution in [-0.2, 0) is 6.42 Å². The SMILES string of the molecule is CC(C)(C)C(CCl)Cc1nnnn1-c1ccccc1. The topological polar surface area (TPSA) is 43.6 Å². The van der Waals surface area contributed by atoms with Crippen molar-refractivity contribution in [2.45, 2.75) is 27.2 Å². The van der Waals surface area contributed by atoms with Crippen LogP contribution in [0.15, 0.2) is 30.3 Å². The average Bonchev–Trinajstić information content (AvgIpc) is 2.83. The van der Waals surface area contributed by atoms with Gasteiger partial charge in [0.25, 0.3) is 0 Å². The molecule has 0 aliphatic heterocycles. The van der Waals surface area contributed by atoms with Crippen LogP contribution in [0.25, 0.3) is 5.69 Å². The van der Waals surface area contributed by atoms with Gasteiger partial charge in [-0.1, -0.05) is 39.0 Å². The highest BCUT2D eigenvalue weighted by Crippen LogP contribution is 2.29. The number of rotatable bonds is 4. The van der Waals surface area contributed by atoms with Gasteiger partial charge in [0.15, 0.2) is 5.82 Å². The van der Waals surface area contributed by atoms with Crippen molar-refractivity contribution in [2.75, 3.05) is 5.88 Å². The molecule has 0 saturated heterocycles. The molecular formula is C14H19ClN4. The van der Waals surface area contributed by atoms with Gasteiger partial charge in [-0.25, -0.2) is 0 Å². The monoisotopic (exact) mass is 278 g/mol. The van der Waals surface area contributed by atoms with E-state index in [1.54, 1.807) is 4.68 Å². The Kier molecular flexibility index (Phi) is 4.20. The average molecular weight is 279 g/mol. The fourth-order valence-electron chi connectivity index (χ4n) is 1.92. The third-order valence-electron chi connectivity index (χ3n) is 3.37. The maximum absolute atomic E-state index is 6.09. The number of alkyl halides is 1. The van der Waals surface area contributed by atoms with Crippen molar-refractivity contribution >= 4 is 11.6 Å². The number of para-hydroxylation sites is 1. The lowest BCUT2D eigenvalue weighted by atomic mass is 9.80. The Balaban J connectivity index is 2.26. The maximum Gasteiger partial charge on any atom is 0.157 e. The molecule has 2 rings (SSSR count). The molecule has 102 valence electrons. The molecule has 0 aliphatic carbocycles. The van der Waals surface area contributed by atoms with Crippen LogP contribution in [0.2, 0.25) is 0 Å². The van der Waals surface area contributed by atoms with Crippen molar-refractivity contribution < 1.29 is 0 Å². The van der Waals surface area contributed by atoms with Gasteiger partial charge in [0.05, 0.1) is 5.69 Å². The quantitative estimate of drug-likeness (QED) is 0.807. The standard InChI is InChI=1S/C14H19ClN4/c1-14(2,3)11(10-15)9-13-16-17-18-19(13)12-7-5-4-6-8-12/h4-8,11H,9-10H2,1-3H3. The summed E-state index contributed by atoms with van der Waals surface area (Å²) in [5.41, 5.74) is 1.11. The molecule has 0 radical (unpaired) electrons. The molecule has 0 fully saturated rings. The van der Waals surface area contributed by atoms with Gasteiger partial charge < -0.3 is 0 Å². The smallest absolute Gasteiger partial charge is 0.157 e. The molecule has 0 N–H and O–H groups in total. The molecular weight excluding hydrogens is 260 g/mol. The summed E-state index contributed by atoms with van der Waals surface area (Å²) < 4.78 is 1.78. The molecule has 19 heavy (non-hydrogen) atoms. The molecule has 2 aromatic rings. The van der Waals surface area contributed by atoms with E-state index >= 15 is 0 Å². The lowest BCUT2D eigenvalue weighted by molar-refractivity contribution is 0.259. The number of benzene rings is 1. The molecule has 0 spiro atoms. The molecule has 0 aliphatic rings. The number of nitrogens with zero attached hydrogens (tertiary/aromatic N) is 4. The molecule has 1 heterocycles. The molecule has 4 nitrogen and oxygen atoms in total. The van der Waals surface area contributed by atoms with Crippen LogP contribution in [-0.4, -0.2) is 26.1 Å². The van der Waals surface area contributed by atoms with Crippen molar-refractivity contribution in [3.63, 3.8) is 0 Å².